The van der Waals surface area contributed by atoms with Crippen LogP contribution in [0.5, 0.6) is 5.75 Å². The molecule has 1 unspecified atom stereocenters. The number of hydrogen-bond acceptors (Lipinski definition) is 8. The number of aliphatic hydroxyl groups excluding tert-OH is 1. The molecule has 1 aliphatic heterocycles. The zero-order valence-electron chi connectivity index (χ0n) is 29.9. The summed E-state index contributed by atoms with van der Waals surface area (Å²) < 4.78 is 31.9. The number of para-hydroxylation sites is 1. The van der Waals surface area contributed by atoms with Crippen LogP contribution in [-0.4, -0.2) is 52.5 Å². The molecule has 1 saturated heterocycles. The number of carbonyl (C=O) groups is 1. The maximum Gasteiger partial charge on any atom is 0.458 e. The number of nitrogens with zero attached hydrogens (tertiary/aromatic N) is 1. The third-order valence-corrected chi connectivity index (χ3v) is 9.18. The second-order valence-corrected chi connectivity index (χ2v) is 13.6. The standard InChI is InChI=1S/C39H53N4O8P/c1-2-3-4-5-6-7-8-9-10-11-12-13-14-15-16-17-18-19-23-26-36(45)40-28-29-41-52(48,51-33-24-21-20-22-25-33)49-32-35-34(44)31-38(50-35)43-30-27-37(46)42-39(43)47/h3-4,6-7,9-10,12-13,15-16,18-22,24-25,27,30,34-35,38,44H,2,5,8,11,14,17,23,26,28-29,31-32H2,1H3,(H,40,45)(H,41,48)(H,42,46,47)/b4-3-,7-6-,10-9-,13-12-,16-15-,19-18-/t34-,35+,38+,52?/m0/s1. The molecule has 0 bridgehead atoms. The van der Waals surface area contributed by atoms with Crippen LogP contribution in [0.2, 0.25) is 0 Å². The number of rotatable bonds is 24. The summed E-state index contributed by atoms with van der Waals surface area (Å²) in [6, 6.07) is 9.63. The average molecular weight is 737 g/mol. The molecule has 13 heteroatoms. The van der Waals surface area contributed by atoms with E-state index in [2.05, 4.69) is 83.1 Å². The maximum atomic E-state index is 13.7. The van der Waals surface area contributed by atoms with Gasteiger partial charge in [0.05, 0.1) is 12.7 Å². The zero-order valence-corrected chi connectivity index (χ0v) is 30.8. The van der Waals surface area contributed by atoms with E-state index < -0.39 is 37.4 Å². The van der Waals surface area contributed by atoms with Gasteiger partial charge in [-0.15, -0.1) is 0 Å². The molecule has 0 radical (unpaired) electrons. The third-order valence-electron chi connectivity index (χ3n) is 7.63. The van der Waals surface area contributed by atoms with Crippen molar-refractivity contribution in [3.05, 3.63) is 136 Å². The van der Waals surface area contributed by atoms with Crippen molar-refractivity contribution in [1.82, 2.24) is 20.0 Å². The molecule has 1 aliphatic rings. The van der Waals surface area contributed by atoms with E-state index in [1.807, 2.05) is 12.2 Å². The van der Waals surface area contributed by atoms with Crippen molar-refractivity contribution in [2.75, 3.05) is 19.7 Å². The first-order valence-corrected chi connectivity index (χ1v) is 19.4. The summed E-state index contributed by atoms with van der Waals surface area (Å²) >= 11 is 0. The summed E-state index contributed by atoms with van der Waals surface area (Å²) in [6.07, 6.45) is 30.7. The van der Waals surface area contributed by atoms with Crippen LogP contribution in [0.3, 0.4) is 0 Å². The number of aliphatic hydroxyl groups is 1. The molecule has 0 saturated carbocycles. The molecule has 52 heavy (non-hydrogen) atoms. The van der Waals surface area contributed by atoms with Crippen LogP contribution in [0.25, 0.3) is 0 Å². The Bertz CT molecular complexity index is 1680. The predicted molar refractivity (Wildman–Crippen MR) is 205 cm³/mol. The minimum Gasteiger partial charge on any atom is -0.413 e. The zero-order chi connectivity index (χ0) is 37.3. The normalized spacial score (nSPS) is 19.2. The Morgan fingerprint density at radius 2 is 1.50 bits per heavy atom. The topological polar surface area (TPSA) is 161 Å². The van der Waals surface area contributed by atoms with Crippen LogP contribution in [0.1, 0.15) is 70.9 Å². The molecule has 0 spiro atoms. The Balaban J connectivity index is 1.31. The predicted octanol–water partition coefficient (Wildman–Crippen LogP) is 6.57. The Morgan fingerprint density at radius 3 is 2.10 bits per heavy atom. The lowest BCUT2D eigenvalue weighted by molar-refractivity contribution is -0.120. The number of H-pyrrole nitrogens is 1. The van der Waals surface area contributed by atoms with E-state index in [-0.39, 0.29) is 32.0 Å². The number of carbonyl (C=O) groups excluding carboxylic acids is 1. The summed E-state index contributed by atoms with van der Waals surface area (Å²) in [5.41, 5.74) is -1.23. The maximum absolute atomic E-state index is 13.7. The summed E-state index contributed by atoms with van der Waals surface area (Å²) in [4.78, 5) is 38.0. The highest BCUT2D eigenvalue weighted by Gasteiger charge is 2.38. The highest BCUT2D eigenvalue weighted by molar-refractivity contribution is 7.52. The van der Waals surface area contributed by atoms with Gasteiger partial charge in [-0.1, -0.05) is 98.0 Å². The van der Waals surface area contributed by atoms with Crippen LogP contribution >= 0.6 is 7.75 Å². The van der Waals surface area contributed by atoms with Gasteiger partial charge in [0.1, 0.15) is 18.1 Å². The molecule has 1 aromatic carbocycles. The lowest BCUT2D eigenvalue weighted by Gasteiger charge is -2.22. The van der Waals surface area contributed by atoms with Gasteiger partial charge in [0.25, 0.3) is 5.56 Å². The van der Waals surface area contributed by atoms with Gasteiger partial charge >= 0.3 is 13.4 Å². The van der Waals surface area contributed by atoms with Gasteiger partial charge in [0.2, 0.25) is 5.91 Å². The lowest BCUT2D eigenvalue weighted by Crippen LogP contribution is -2.33. The summed E-state index contributed by atoms with van der Waals surface area (Å²) in [7, 11) is -3.98. The van der Waals surface area contributed by atoms with E-state index in [4.69, 9.17) is 13.8 Å². The van der Waals surface area contributed by atoms with Crippen molar-refractivity contribution in [1.29, 1.82) is 0 Å². The van der Waals surface area contributed by atoms with Gasteiger partial charge in [0.15, 0.2) is 0 Å². The number of hydrogen-bond donors (Lipinski definition) is 4. The first-order valence-electron chi connectivity index (χ1n) is 17.9. The molecule has 4 N–H and O–H groups in total. The van der Waals surface area contributed by atoms with Crippen LogP contribution < -0.4 is 26.2 Å². The molecule has 282 valence electrons. The number of amides is 1. The van der Waals surface area contributed by atoms with Crippen molar-refractivity contribution in [3.8, 4) is 5.75 Å². The van der Waals surface area contributed by atoms with E-state index in [1.54, 1.807) is 30.3 Å². The minimum atomic E-state index is -3.98. The van der Waals surface area contributed by atoms with Crippen LogP contribution in [0, 0.1) is 0 Å². The van der Waals surface area contributed by atoms with Gasteiger partial charge in [0, 0.05) is 38.2 Å². The number of benzene rings is 1. The van der Waals surface area contributed by atoms with Crippen molar-refractivity contribution in [3.63, 3.8) is 0 Å². The fourth-order valence-electron chi connectivity index (χ4n) is 4.92. The molecule has 2 heterocycles. The van der Waals surface area contributed by atoms with Crippen molar-refractivity contribution in [2.45, 2.75) is 83.1 Å². The van der Waals surface area contributed by atoms with Gasteiger partial charge < -0.3 is 19.7 Å². The fourth-order valence-corrected chi connectivity index (χ4v) is 6.26. The fraction of sp³-hybridized carbons (Fsp3) is 0.410. The molecule has 1 fully saturated rings. The molecule has 1 aromatic heterocycles. The Morgan fingerprint density at radius 1 is 0.904 bits per heavy atom. The monoisotopic (exact) mass is 736 g/mol. The van der Waals surface area contributed by atoms with Crippen molar-refractivity contribution < 1.29 is 28.3 Å². The molecular weight excluding hydrogens is 683 g/mol. The summed E-state index contributed by atoms with van der Waals surface area (Å²) in [5, 5.41) is 16.1. The highest BCUT2D eigenvalue weighted by Crippen LogP contribution is 2.45. The van der Waals surface area contributed by atoms with Crippen molar-refractivity contribution in [2.24, 2.45) is 0 Å². The van der Waals surface area contributed by atoms with E-state index in [0.717, 1.165) is 43.1 Å². The number of nitrogens with one attached hydrogen (secondary N) is 3. The average Bonchev–Trinajstić information content (AvgIpc) is 3.50. The number of aromatic nitrogens is 2. The van der Waals surface area contributed by atoms with E-state index in [9.17, 15) is 24.1 Å². The van der Waals surface area contributed by atoms with Crippen LogP contribution in [-0.2, 0) is 18.6 Å². The largest absolute Gasteiger partial charge is 0.458 e. The van der Waals surface area contributed by atoms with Gasteiger partial charge in [-0.25, -0.2) is 14.4 Å². The molecule has 12 nitrogen and oxygen atoms in total. The second-order valence-electron chi connectivity index (χ2n) is 11.9. The van der Waals surface area contributed by atoms with Crippen molar-refractivity contribution >= 4 is 13.7 Å². The molecule has 1 amide bonds. The lowest BCUT2D eigenvalue weighted by atomic mass is 10.2. The quantitative estimate of drug-likeness (QED) is 0.0531. The number of ether oxygens (including phenoxy) is 1. The number of aromatic amines is 1. The molecule has 4 atom stereocenters. The first-order chi connectivity index (χ1) is 25.3. The Hall–Kier alpha value is -4.32. The summed E-state index contributed by atoms with van der Waals surface area (Å²) in [6.45, 7) is 2.08. The summed E-state index contributed by atoms with van der Waals surface area (Å²) in [5.74, 6) is 0.149. The third kappa shape index (κ3) is 17.3. The Labute approximate surface area is 306 Å². The van der Waals surface area contributed by atoms with Crippen LogP contribution in [0.4, 0.5) is 0 Å². The van der Waals surface area contributed by atoms with Gasteiger partial charge in [-0.3, -0.25) is 23.7 Å². The van der Waals surface area contributed by atoms with E-state index >= 15 is 0 Å². The smallest absolute Gasteiger partial charge is 0.413 e. The molecular formula is C39H53N4O8P. The number of allylic oxidation sites excluding steroid dienone is 12. The second kappa shape index (κ2) is 24.8. The first kappa shape index (κ1) is 42.1. The Kier molecular flexibility index (Phi) is 20.1. The van der Waals surface area contributed by atoms with E-state index in [0.29, 0.717) is 18.6 Å². The van der Waals surface area contributed by atoms with Gasteiger partial charge in [-0.05, 0) is 57.1 Å². The van der Waals surface area contributed by atoms with E-state index in [1.165, 1.54) is 12.3 Å². The molecule has 0 aliphatic carbocycles. The molecule has 2 aromatic rings. The van der Waals surface area contributed by atoms with Gasteiger partial charge in [-0.2, -0.15) is 0 Å². The molecule has 3 rings (SSSR count). The SMILES string of the molecule is CC/C=C\C/C=C\C/C=C\C/C=C\C/C=C\C/C=C\CCC(=O)NCCNP(=O)(OC[C@H]1O[C@@H](n2ccc(=O)[nH]c2=O)C[C@@H]1O)Oc1ccccc1. The highest BCUT2D eigenvalue weighted by atomic mass is 31.2. The van der Waals surface area contributed by atoms with Crippen LogP contribution in [0.15, 0.2) is 125 Å². The minimum absolute atomic E-state index is 0.0574.